The first kappa shape index (κ1) is 18.9. The van der Waals surface area contributed by atoms with Gasteiger partial charge < -0.3 is 0 Å². The van der Waals surface area contributed by atoms with Crippen LogP contribution in [0.4, 0.5) is 0 Å². The van der Waals surface area contributed by atoms with E-state index in [4.69, 9.17) is 0 Å². The van der Waals surface area contributed by atoms with Crippen LogP contribution in [0.1, 0.15) is 78.6 Å². The first-order chi connectivity index (χ1) is 9.68. The Bertz CT molecular complexity index is 349. The fourth-order valence-corrected chi connectivity index (χ4v) is 3.23. The molecule has 0 saturated heterocycles. The Balaban J connectivity index is 4.73. The van der Waals surface area contributed by atoms with E-state index in [-0.39, 0.29) is 0 Å². The lowest BCUT2D eigenvalue weighted by molar-refractivity contribution is 0.828. The van der Waals surface area contributed by atoms with Crippen LogP contribution in [0.25, 0.3) is 0 Å². The smallest absolute Gasteiger partial charge is 0.108 e. The second-order valence-corrected chi connectivity index (χ2v) is 8.34. The maximum absolute atomic E-state index is 3.43. The molecule has 0 aliphatic heterocycles. The molecule has 0 aromatic rings. The topological polar surface area (TPSA) is 0 Å². The maximum Gasteiger partial charge on any atom is 0.287 e. The minimum atomic E-state index is -1.98. The molecule has 0 radical (unpaired) electrons. The number of hydrogen-bond donors (Lipinski definition) is 0. The summed E-state index contributed by atoms with van der Waals surface area (Å²) in [5, 5.41) is 0. The van der Waals surface area contributed by atoms with Crippen LogP contribution in [0.3, 0.4) is 0 Å². The molecule has 110 valence electrons. The van der Waals surface area contributed by atoms with Crippen molar-refractivity contribution in [2.24, 2.45) is 0 Å². The number of rotatable bonds is 6. The summed E-state index contributed by atoms with van der Waals surface area (Å²) >= 11 is 0. The Kier molecular flexibility index (Phi) is 12.2. The van der Waals surface area contributed by atoms with Crippen molar-refractivity contribution >= 4 is 8.07 Å². The molecule has 0 nitrogen and oxygen atoms in total. The van der Waals surface area contributed by atoms with Gasteiger partial charge in [0.25, 0.3) is 8.07 Å². The van der Waals surface area contributed by atoms with Crippen molar-refractivity contribution < 1.29 is 0 Å². The van der Waals surface area contributed by atoms with Gasteiger partial charge in [0.1, 0.15) is 0 Å². The molecule has 0 saturated carbocycles. The van der Waals surface area contributed by atoms with Crippen LogP contribution < -0.4 is 0 Å². The second kappa shape index (κ2) is 12.9. The molecule has 0 aliphatic carbocycles. The zero-order valence-electron chi connectivity index (χ0n) is 13.9. The van der Waals surface area contributed by atoms with Crippen molar-refractivity contribution in [3.8, 4) is 34.4 Å². The third-order valence-electron chi connectivity index (χ3n) is 2.98. The Morgan fingerprint density at radius 2 is 0.900 bits per heavy atom. The summed E-state index contributed by atoms with van der Waals surface area (Å²) < 4.78 is 0. The minimum Gasteiger partial charge on any atom is -0.108 e. The number of hydrogen-bond acceptors (Lipinski definition) is 0. The fraction of sp³-hybridized carbons (Fsp3) is 0.684. The zero-order valence-corrected chi connectivity index (χ0v) is 14.9. The van der Waals surface area contributed by atoms with Crippen molar-refractivity contribution in [2.75, 3.05) is 0 Å². The van der Waals surface area contributed by atoms with E-state index in [0.717, 1.165) is 19.3 Å². The molecule has 1 heteroatoms. The molecule has 0 aliphatic rings. The van der Waals surface area contributed by atoms with Crippen LogP contribution >= 0.6 is 0 Å². The monoisotopic (exact) mass is 286 g/mol. The van der Waals surface area contributed by atoms with Crippen molar-refractivity contribution in [3.05, 3.63) is 0 Å². The van der Waals surface area contributed by atoms with Crippen molar-refractivity contribution in [3.63, 3.8) is 0 Å². The van der Waals surface area contributed by atoms with E-state index >= 15 is 0 Å². The molecule has 0 heterocycles. The Hall–Kier alpha value is -1.10. The van der Waals surface area contributed by atoms with Gasteiger partial charge in [0.05, 0.1) is 0 Å². The van der Waals surface area contributed by atoms with Crippen molar-refractivity contribution in [2.45, 2.75) is 85.1 Å². The number of unbranched alkanes of at least 4 members (excludes halogenated alkanes) is 6. The maximum atomic E-state index is 3.43. The molecule has 0 aromatic carbocycles. The summed E-state index contributed by atoms with van der Waals surface area (Å²) in [6, 6.07) is 0. The normalized spacial score (nSPS) is 9.60. The predicted molar refractivity (Wildman–Crippen MR) is 93.5 cm³/mol. The van der Waals surface area contributed by atoms with Crippen LogP contribution in [-0.4, -0.2) is 8.07 Å². The largest absolute Gasteiger partial charge is 0.287 e. The molecule has 0 atom stereocenters. The van der Waals surface area contributed by atoms with E-state index in [1.54, 1.807) is 0 Å². The Morgan fingerprint density at radius 3 is 1.15 bits per heavy atom. The van der Waals surface area contributed by atoms with E-state index in [0.29, 0.717) is 0 Å². The molecule has 0 unspecified atom stereocenters. The third-order valence-corrected chi connectivity index (χ3v) is 5.01. The lowest BCUT2D eigenvalue weighted by atomic mass is 10.3. The van der Waals surface area contributed by atoms with Crippen LogP contribution in [0.2, 0.25) is 6.55 Å². The van der Waals surface area contributed by atoms with Gasteiger partial charge in [-0.1, -0.05) is 40.0 Å². The molecule has 0 amide bonds. The van der Waals surface area contributed by atoms with E-state index < -0.39 is 8.07 Å². The molecule has 0 fully saturated rings. The van der Waals surface area contributed by atoms with Crippen molar-refractivity contribution in [1.82, 2.24) is 0 Å². The first-order valence-electron chi connectivity index (χ1n) is 8.18. The average molecular weight is 287 g/mol. The first-order valence-corrected chi connectivity index (χ1v) is 10.7. The highest BCUT2D eigenvalue weighted by Crippen LogP contribution is 2.01. The van der Waals surface area contributed by atoms with Gasteiger partial charge in [-0.25, -0.2) is 0 Å². The van der Waals surface area contributed by atoms with Gasteiger partial charge in [0.2, 0.25) is 0 Å². The zero-order chi connectivity index (χ0) is 15.1. The summed E-state index contributed by atoms with van der Waals surface area (Å²) in [5.74, 6) is 9.95. The standard InChI is InChI=1S/C19H30Si/c1-5-8-11-14-17-20(4,18-15-12-9-6-2)19-16-13-10-7-3/h5-13H2,1-4H3. The third kappa shape index (κ3) is 10.8. The Morgan fingerprint density at radius 1 is 0.600 bits per heavy atom. The van der Waals surface area contributed by atoms with Gasteiger partial charge in [-0.15, -0.1) is 34.4 Å². The molecule has 20 heavy (non-hydrogen) atoms. The lowest BCUT2D eigenvalue weighted by Crippen LogP contribution is -2.25. The van der Waals surface area contributed by atoms with E-state index in [9.17, 15) is 0 Å². The lowest BCUT2D eigenvalue weighted by Gasteiger charge is -2.03. The van der Waals surface area contributed by atoms with Crippen LogP contribution in [0.5, 0.6) is 0 Å². The Labute approximate surface area is 128 Å². The van der Waals surface area contributed by atoms with Gasteiger partial charge in [-0.3, -0.25) is 0 Å². The van der Waals surface area contributed by atoms with Crippen LogP contribution in [0, 0.1) is 34.4 Å². The summed E-state index contributed by atoms with van der Waals surface area (Å²) in [5.41, 5.74) is 10.3. The van der Waals surface area contributed by atoms with Gasteiger partial charge in [-0.2, -0.15) is 0 Å². The minimum absolute atomic E-state index is 0.992. The van der Waals surface area contributed by atoms with E-state index in [2.05, 4.69) is 61.7 Å². The van der Waals surface area contributed by atoms with Gasteiger partial charge >= 0.3 is 0 Å². The highest BCUT2D eigenvalue weighted by atomic mass is 28.3. The second-order valence-electron chi connectivity index (χ2n) is 5.34. The fourth-order valence-electron chi connectivity index (χ4n) is 1.61. The highest BCUT2D eigenvalue weighted by Gasteiger charge is 2.19. The molecule has 0 spiro atoms. The molecule has 0 N–H and O–H groups in total. The van der Waals surface area contributed by atoms with Gasteiger partial charge in [0, 0.05) is 19.3 Å². The summed E-state index contributed by atoms with van der Waals surface area (Å²) in [7, 11) is -1.98. The van der Waals surface area contributed by atoms with Crippen LogP contribution in [-0.2, 0) is 0 Å². The average Bonchev–Trinajstić information content (AvgIpc) is 2.45. The molecule has 0 rings (SSSR count). The summed E-state index contributed by atoms with van der Waals surface area (Å²) in [4.78, 5) is 0. The highest BCUT2D eigenvalue weighted by molar-refractivity contribution is 6.99. The van der Waals surface area contributed by atoms with E-state index in [1.807, 2.05) is 0 Å². The molecule has 0 bridgehead atoms. The van der Waals surface area contributed by atoms with Gasteiger partial charge in [0.15, 0.2) is 0 Å². The van der Waals surface area contributed by atoms with E-state index in [1.165, 1.54) is 38.5 Å². The SMILES string of the molecule is CCCCC#C[Si](C)(C#CCCCC)C#CCCCC. The summed E-state index contributed by atoms with van der Waals surface area (Å²) in [6.45, 7) is 8.80. The van der Waals surface area contributed by atoms with Crippen molar-refractivity contribution in [1.29, 1.82) is 0 Å². The molecular formula is C19H30Si. The summed E-state index contributed by atoms with van der Waals surface area (Å²) in [6.07, 6.45) is 10.1. The molecule has 0 aromatic heterocycles. The quantitative estimate of drug-likeness (QED) is 0.355. The molecular weight excluding hydrogens is 256 g/mol. The van der Waals surface area contributed by atoms with Crippen LogP contribution in [0.15, 0.2) is 0 Å². The van der Waals surface area contributed by atoms with Gasteiger partial charge in [-0.05, 0) is 25.8 Å². The predicted octanol–water partition coefficient (Wildman–Crippen LogP) is 5.26.